The first-order valence-electron chi connectivity index (χ1n) is 8.36. The van der Waals surface area contributed by atoms with Crippen molar-refractivity contribution in [2.24, 2.45) is 0 Å². The fraction of sp³-hybridized carbons (Fsp3) is 0.529. The number of carbonyl (C=O) groups excluding carboxylic acids is 1. The summed E-state index contributed by atoms with van der Waals surface area (Å²) < 4.78 is 25.5. The molecule has 3 rings (SSSR count). The minimum Gasteiger partial charge on any atom is -0.396 e. The van der Waals surface area contributed by atoms with Crippen LogP contribution in [0.4, 0.5) is 5.69 Å². The molecule has 2 atom stereocenters. The first-order valence-corrected chi connectivity index (χ1v) is 10.0. The van der Waals surface area contributed by atoms with E-state index in [1.54, 1.807) is 12.1 Å². The maximum absolute atomic E-state index is 12.1. The van der Waals surface area contributed by atoms with Gasteiger partial charge in [0.15, 0.2) is 0 Å². The lowest BCUT2D eigenvalue weighted by Gasteiger charge is -2.36. The number of aliphatic hydroxyl groups is 1. The highest BCUT2D eigenvalue weighted by Crippen LogP contribution is 2.38. The van der Waals surface area contributed by atoms with Gasteiger partial charge in [0.05, 0.1) is 5.75 Å². The second-order valence-electron chi connectivity index (χ2n) is 6.43. The Morgan fingerprint density at radius 3 is 2.38 bits per heavy atom. The normalized spacial score (nSPS) is 23.3. The molecule has 0 saturated carbocycles. The van der Waals surface area contributed by atoms with Crippen LogP contribution in [0.1, 0.15) is 42.5 Å². The maximum atomic E-state index is 12.1. The molecular formula is C17H23N2O4S. The van der Waals surface area contributed by atoms with Crippen LogP contribution in [0.2, 0.25) is 0 Å². The number of nitrogens with one attached hydrogen (secondary N) is 1. The third kappa shape index (κ3) is 3.72. The molecular weight excluding hydrogens is 328 g/mol. The van der Waals surface area contributed by atoms with E-state index in [9.17, 15) is 13.2 Å². The van der Waals surface area contributed by atoms with Gasteiger partial charge in [0.1, 0.15) is 0 Å². The van der Waals surface area contributed by atoms with Gasteiger partial charge in [0, 0.05) is 29.9 Å². The highest BCUT2D eigenvalue weighted by Gasteiger charge is 2.36. The third-order valence-electron chi connectivity index (χ3n) is 4.74. The second kappa shape index (κ2) is 7.11. The van der Waals surface area contributed by atoms with Gasteiger partial charge in [-0.05, 0) is 62.8 Å². The predicted molar refractivity (Wildman–Crippen MR) is 92.2 cm³/mol. The van der Waals surface area contributed by atoms with Gasteiger partial charge in [-0.15, -0.1) is 0 Å². The van der Waals surface area contributed by atoms with E-state index >= 15 is 0 Å². The zero-order chi connectivity index (χ0) is 17.2. The number of piperidine rings is 1. The molecule has 1 amide bonds. The first kappa shape index (κ1) is 17.2. The van der Waals surface area contributed by atoms with Crippen LogP contribution < -0.4 is 9.62 Å². The standard InChI is InChI=1S/C17H23N2O4S/c20-11-2-12-24(22,23)18-17(21)13-5-7-16(8-6-13)19-14-3-1-4-15(19)10-9-14/h1,5-8,14-15,20H,2-4,9-12H2,(H,18,21)/t14-,15+. The molecule has 0 aromatic heterocycles. The van der Waals surface area contributed by atoms with Crippen LogP contribution in [-0.2, 0) is 10.0 Å². The highest BCUT2D eigenvalue weighted by atomic mass is 32.2. The van der Waals surface area contributed by atoms with E-state index in [-0.39, 0.29) is 18.8 Å². The summed E-state index contributed by atoms with van der Waals surface area (Å²) in [5.74, 6) is -0.893. The van der Waals surface area contributed by atoms with Crippen LogP contribution in [-0.4, -0.2) is 43.9 Å². The molecule has 7 heteroatoms. The molecule has 24 heavy (non-hydrogen) atoms. The van der Waals surface area contributed by atoms with Crippen molar-refractivity contribution in [2.75, 3.05) is 17.3 Å². The van der Waals surface area contributed by atoms with Crippen molar-refractivity contribution in [3.8, 4) is 0 Å². The molecule has 1 aromatic carbocycles. The molecule has 0 aliphatic carbocycles. The summed E-state index contributed by atoms with van der Waals surface area (Å²) in [6.45, 7) is -0.223. The quantitative estimate of drug-likeness (QED) is 0.810. The number of rotatable bonds is 6. The summed E-state index contributed by atoms with van der Waals surface area (Å²) in [7, 11) is -3.70. The Morgan fingerprint density at radius 2 is 1.79 bits per heavy atom. The van der Waals surface area contributed by atoms with E-state index in [2.05, 4.69) is 11.3 Å². The summed E-state index contributed by atoms with van der Waals surface area (Å²) >= 11 is 0. The maximum Gasteiger partial charge on any atom is 0.264 e. The van der Waals surface area contributed by atoms with E-state index in [0.717, 1.165) is 18.5 Å². The van der Waals surface area contributed by atoms with E-state index in [1.807, 2.05) is 16.9 Å². The van der Waals surface area contributed by atoms with Crippen molar-refractivity contribution < 1.29 is 18.3 Å². The summed E-state index contributed by atoms with van der Waals surface area (Å²) in [4.78, 5) is 14.5. The Bertz CT molecular complexity index is 671. The number of sulfonamides is 1. The van der Waals surface area contributed by atoms with Gasteiger partial charge in [-0.3, -0.25) is 4.79 Å². The molecule has 0 unspecified atom stereocenters. The fourth-order valence-corrected chi connectivity index (χ4v) is 4.63. The number of hydrogen-bond donors (Lipinski definition) is 2. The van der Waals surface area contributed by atoms with Crippen LogP contribution in [0.25, 0.3) is 0 Å². The largest absolute Gasteiger partial charge is 0.396 e. The van der Waals surface area contributed by atoms with Gasteiger partial charge < -0.3 is 10.0 Å². The van der Waals surface area contributed by atoms with Gasteiger partial charge >= 0.3 is 0 Å². The Balaban J connectivity index is 1.67. The van der Waals surface area contributed by atoms with Crippen LogP contribution in [0.15, 0.2) is 24.3 Å². The number of nitrogens with zero attached hydrogens (tertiary/aromatic N) is 1. The van der Waals surface area contributed by atoms with Crippen molar-refractivity contribution in [1.82, 2.24) is 4.72 Å². The number of anilines is 1. The molecule has 2 bridgehead atoms. The molecule has 0 spiro atoms. The van der Waals surface area contributed by atoms with Crippen molar-refractivity contribution in [3.63, 3.8) is 0 Å². The molecule has 2 saturated heterocycles. The topological polar surface area (TPSA) is 86.7 Å². The first-order chi connectivity index (χ1) is 11.5. The summed E-state index contributed by atoms with van der Waals surface area (Å²) in [6, 6.07) is 8.22. The van der Waals surface area contributed by atoms with Crippen LogP contribution in [0, 0.1) is 6.42 Å². The number of carbonyl (C=O) groups is 1. The molecule has 1 radical (unpaired) electrons. The fourth-order valence-electron chi connectivity index (χ4n) is 3.62. The summed E-state index contributed by atoms with van der Waals surface area (Å²) in [6.07, 6.45) is 7.07. The van der Waals surface area contributed by atoms with Crippen LogP contribution in [0.3, 0.4) is 0 Å². The number of aliphatic hydroxyl groups excluding tert-OH is 1. The Hall–Kier alpha value is -1.60. The molecule has 2 heterocycles. The second-order valence-corrected chi connectivity index (χ2v) is 8.27. The van der Waals surface area contributed by atoms with E-state index in [0.29, 0.717) is 17.6 Å². The number of fused-ring (bicyclic) bond motifs is 2. The molecule has 131 valence electrons. The predicted octanol–water partition coefficient (Wildman–Crippen LogP) is 1.46. The van der Waals surface area contributed by atoms with Crippen LogP contribution >= 0.6 is 0 Å². The third-order valence-corrected chi connectivity index (χ3v) is 6.07. The average Bonchev–Trinajstić information content (AvgIpc) is 2.81. The molecule has 2 aliphatic rings. The summed E-state index contributed by atoms with van der Waals surface area (Å²) in [5, 5.41) is 8.70. The van der Waals surface area contributed by atoms with Gasteiger partial charge in [-0.2, -0.15) is 0 Å². The van der Waals surface area contributed by atoms with Gasteiger partial charge in [0.2, 0.25) is 10.0 Å². The molecule has 2 N–H and O–H groups in total. The molecule has 2 aliphatic heterocycles. The zero-order valence-corrected chi connectivity index (χ0v) is 14.3. The average molecular weight is 351 g/mol. The van der Waals surface area contributed by atoms with Crippen molar-refractivity contribution in [2.45, 2.75) is 44.2 Å². The SMILES string of the molecule is O=C(NS(=O)(=O)CCCO)c1ccc(N2[C@@H]3C[CH]C[C@H]2CC3)cc1. The van der Waals surface area contributed by atoms with Crippen molar-refractivity contribution >= 4 is 21.6 Å². The summed E-state index contributed by atoms with van der Waals surface area (Å²) in [5.41, 5.74) is 1.41. The van der Waals surface area contributed by atoms with Crippen molar-refractivity contribution in [3.05, 3.63) is 36.2 Å². The number of benzene rings is 1. The van der Waals surface area contributed by atoms with Crippen molar-refractivity contribution in [1.29, 1.82) is 0 Å². The van der Waals surface area contributed by atoms with E-state index in [1.165, 1.54) is 12.8 Å². The molecule has 6 nitrogen and oxygen atoms in total. The Kier molecular flexibility index (Phi) is 5.10. The lowest BCUT2D eigenvalue weighted by atomic mass is 10.0. The molecule has 2 fully saturated rings. The van der Waals surface area contributed by atoms with Gasteiger partial charge in [-0.25, -0.2) is 13.1 Å². The lowest BCUT2D eigenvalue weighted by Crippen LogP contribution is -2.39. The van der Waals surface area contributed by atoms with E-state index < -0.39 is 15.9 Å². The smallest absolute Gasteiger partial charge is 0.264 e. The monoisotopic (exact) mass is 351 g/mol. The Morgan fingerprint density at radius 1 is 1.17 bits per heavy atom. The van der Waals surface area contributed by atoms with Gasteiger partial charge in [0.25, 0.3) is 5.91 Å². The molecule has 1 aromatic rings. The van der Waals surface area contributed by atoms with Crippen LogP contribution in [0.5, 0.6) is 0 Å². The van der Waals surface area contributed by atoms with Gasteiger partial charge in [-0.1, -0.05) is 0 Å². The number of amides is 1. The Labute approximate surface area is 142 Å². The lowest BCUT2D eigenvalue weighted by molar-refractivity contribution is 0.0981. The van der Waals surface area contributed by atoms with E-state index in [4.69, 9.17) is 5.11 Å². The zero-order valence-electron chi connectivity index (χ0n) is 13.5. The highest BCUT2D eigenvalue weighted by molar-refractivity contribution is 7.90. The number of hydrogen-bond acceptors (Lipinski definition) is 5. The minimum atomic E-state index is -3.70. The minimum absolute atomic E-state index is 0.107.